The SMILES string of the molecule is CN1C(=O)C2C=C(F)C(F)=CC2=NC1=S. The summed E-state index contributed by atoms with van der Waals surface area (Å²) in [7, 11) is 1.45. The van der Waals surface area contributed by atoms with Crippen LogP contribution in [0.4, 0.5) is 8.78 Å². The molecule has 1 unspecified atom stereocenters. The fraction of sp³-hybridized carbons (Fsp3) is 0.222. The molecule has 0 saturated carbocycles. The van der Waals surface area contributed by atoms with Crippen molar-refractivity contribution in [3.63, 3.8) is 0 Å². The predicted molar refractivity (Wildman–Crippen MR) is 54.7 cm³/mol. The summed E-state index contributed by atoms with van der Waals surface area (Å²) in [5.74, 6) is -3.32. The number of carbonyl (C=O) groups is 1. The van der Waals surface area contributed by atoms with E-state index in [0.29, 0.717) is 0 Å². The molecular formula is C9H6F2N2OS. The molecule has 1 aliphatic carbocycles. The van der Waals surface area contributed by atoms with Gasteiger partial charge in [-0.15, -0.1) is 0 Å². The van der Waals surface area contributed by atoms with Gasteiger partial charge in [0.25, 0.3) is 0 Å². The van der Waals surface area contributed by atoms with Gasteiger partial charge < -0.3 is 0 Å². The zero-order valence-electron chi connectivity index (χ0n) is 7.70. The predicted octanol–water partition coefficient (Wildman–Crippen LogP) is 1.52. The van der Waals surface area contributed by atoms with Gasteiger partial charge >= 0.3 is 0 Å². The highest BCUT2D eigenvalue weighted by Crippen LogP contribution is 2.27. The number of aliphatic imine (C=N–C) groups is 1. The van der Waals surface area contributed by atoms with Crippen molar-refractivity contribution in [1.29, 1.82) is 0 Å². The van der Waals surface area contributed by atoms with Crippen LogP contribution in [-0.2, 0) is 4.79 Å². The van der Waals surface area contributed by atoms with E-state index in [9.17, 15) is 13.6 Å². The molecule has 6 heteroatoms. The van der Waals surface area contributed by atoms with Crippen LogP contribution < -0.4 is 0 Å². The minimum Gasteiger partial charge on any atom is -0.290 e. The molecule has 0 saturated heterocycles. The summed E-state index contributed by atoms with van der Waals surface area (Å²) in [5, 5.41) is 0.0611. The van der Waals surface area contributed by atoms with Crippen LogP contribution in [0.3, 0.4) is 0 Å². The van der Waals surface area contributed by atoms with E-state index >= 15 is 0 Å². The summed E-state index contributed by atoms with van der Waals surface area (Å²) < 4.78 is 25.8. The maximum absolute atomic E-state index is 12.9. The third-order valence-electron chi connectivity index (χ3n) is 2.24. The van der Waals surface area contributed by atoms with E-state index in [1.165, 1.54) is 7.05 Å². The number of nitrogens with zero attached hydrogens (tertiary/aromatic N) is 2. The maximum atomic E-state index is 12.9. The first-order valence-corrected chi connectivity index (χ1v) is 4.56. The quantitative estimate of drug-likeness (QED) is 0.589. The molecular weight excluding hydrogens is 222 g/mol. The van der Waals surface area contributed by atoms with Crippen LogP contribution in [0.2, 0.25) is 0 Å². The van der Waals surface area contributed by atoms with Crippen molar-refractivity contribution in [2.75, 3.05) is 7.05 Å². The topological polar surface area (TPSA) is 32.7 Å². The highest BCUT2D eigenvalue weighted by atomic mass is 32.1. The number of halogens is 2. The molecule has 1 aliphatic heterocycles. The Balaban J connectivity index is 2.51. The van der Waals surface area contributed by atoms with E-state index in [-0.39, 0.29) is 10.8 Å². The first-order chi connectivity index (χ1) is 7.00. The van der Waals surface area contributed by atoms with Crippen molar-refractivity contribution >= 4 is 28.9 Å². The average Bonchev–Trinajstić information content (AvgIpc) is 2.19. The monoisotopic (exact) mass is 228 g/mol. The Labute approximate surface area is 89.8 Å². The second-order valence-electron chi connectivity index (χ2n) is 3.20. The fourth-order valence-corrected chi connectivity index (χ4v) is 1.58. The van der Waals surface area contributed by atoms with Crippen LogP contribution in [0.1, 0.15) is 0 Å². The van der Waals surface area contributed by atoms with E-state index in [2.05, 4.69) is 4.99 Å². The number of amides is 1. The molecule has 0 aromatic rings. The Bertz CT molecular complexity index is 453. The van der Waals surface area contributed by atoms with Crippen LogP contribution in [0.25, 0.3) is 0 Å². The molecule has 78 valence electrons. The van der Waals surface area contributed by atoms with Gasteiger partial charge in [0, 0.05) is 7.05 Å². The molecule has 1 atom stereocenters. The van der Waals surface area contributed by atoms with Gasteiger partial charge in [-0.3, -0.25) is 9.69 Å². The van der Waals surface area contributed by atoms with E-state index < -0.39 is 23.5 Å². The molecule has 0 spiro atoms. The Morgan fingerprint density at radius 3 is 2.80 bits per heavy atom. The molecule has 15 heavy (non-hydrogen) atoms. The van der Waals surface area contributed by atoms with Gasteiger partial charge in [0.2, 0.25) is 11.0 Å². The Morgan fingerprint density at radius 2 is 2.13 bits per heavy atom. The molecule has 3 nitrogen and oxygen atoms in total. The van der Waals surface area contributed by atoms with Gasteiger partial charge in [-0.05, 0) is 24.4 Å². The molecule has 0 aromatic heterocycles. The van der Waals surface area contributed by atoms with Crippen molar-refractivity contribution in [2.45, 2.75) is 0 Å². The number of rotatable bonds is 0. The number of fused-ring (bicyclic) bond motifs is 1. The van der Waals surface area contributed by atoms with E-state index in [4.69, 9.17) is 12.2 Å². The molecule has 0 N–H and O–H groups in total. The minimum absolute atomic E-state index is 0.0611. The number of carbonyl (C=O) groups excluding carboxylic acids is 1. The third kappa shape index (κ3) is 1.50. The van der Waals surface area contributed by atoms with Gasteiger partial charge in [-0.2, -0.15) is 0 Å². The molecule has 0 bridgehead atoms. The lowest BCUT2D eigenvalue weighted by molar-refractivity contribution is -0.127. The van der Waals surface area contributed by atoms with Crippen molar-refractivity contribution in [3.8, 4) is 0 Å². The van der Waals surface area contributed by atoms with Crippen molar-refractivity contribution < 1.29 is 13.6 Å². The summed E-state index contributed by atoms with van der Waals surface area (Å²) in [4.78, 5) is 16.6. The zero-order valence-corrected chi connectivity index (χ0v) is 8.52. The highest BCUT2D eigenvalue weighted by Gasteiger charge is 2.34. The second kappa shape index (κ2) is 3.30. The Kier molecular flexibility index (Phi) is 2.22. The zero-order chi connectivity index (χ0) is 11.2. The molecule has 1 amide bonds. The third-order valence-corrected chi connectivity index (χ3v) is 2.61. The summed E-state index contributed by atoms with van der Waals surface area (Å²) in [6, 6.07) is 0. The van der Waals surface area contributed by atoms with Gasteiger partial charge in [-0.1, -0.05) is 0 Å². The first-order valence-electron chi connectivity index (χ1n) is 4.15. The largest absolute Gasteiger partial charge is 0.290 e. The van der Waals surface area contributed by atoms with E-state index in [1.54, 1.807) is 0 Å². The molecule has 2 rings (SSSR count). The van der Waals surface area contributed by atoms with Gasteiger partial charge in [-0.25, -0.2) is 13.8 Å². The summed E-state index contributed by atoms with van der Waals surface area (Å²) >= 11 is 4.79. The summed E-state index contributed by atoms with van der Waals surface area (Å²) in [6.07, 6.45) is 1.81. The lowest BCUT2D eigenvalue weighted by Gasteiger charge is -2.27. The summed E-state index contributed by atoms with van der Waals surface area (Å²) in [6.45, 7) is 0. The van der Waals surface area contributed by atoms with Crippen LogP contribution in [0, 0.1) is 5.92 Å². The van der Waals surface area contributed by atoms with Crippen molar-refractivity contribution in [1.82, 2.24) is 4.90 Å². The molecule has 1 heterocycles. The number of hydrogen-bond donors (Lipinski definition) is 0. The van der Waals surface area contributed by atoms with Crippen LogP contribution >= 0.6 is 12.2 Å². The second-order valence-corrected chi connectivity index (χ2v) is 3.57. The van der Waals surface area contributed by atoms with Crippen molar-refractivity contribution in [2.24, 2.45) is 10.9 Å². The van der Waals surface area contributed by atoms with Gasteiger partial charge in [0.05, 0.1) is 5.71 Å². The fourth-order valence-electron chi connectivity index (χ4n) is 1.39. The van der Waals surface area contributed by atoms with E-state index in [1.807, 2.05) is 0 Å². The molecule has 2 aliphatic rings. The molecule has 0 aromatic carbocycles. The molecule has 0 fully saturated rings. The van der Waals surface area contributed by atoms with Gasteiger partial charge in [0.15, 0.2) is 11.7 Å². The number of thiocarbonyl (C=S) groups is 1. The number of hydrogen-bond acceptors (Lipinski definition) is 2. The lowest BCUT2D eigenvalue weighted by atomic mass is 9.95. The number of allylic oxidation sites excluding steroid dienone is 3. The first kappa shape index (κ1) is 10.1. The van der Waals surface area contributed by atoms with Crippen molar-refractivity contribution in [3.05, 3.63) is 23.8 Å². The molecule has 0 radical (unpaired) electrons. The van der Waals surface area contributed by atoms with Crippen LogP contribution in [0.15, 0.2) is 28.8 Å². The maximum Gasteiger partial charge on any atom is 0.241 e. The smallest absolute Gasteiger partial charge is 0.241 e. The Morgan fingerprint density at radius 1 is 1.47 bits per heavy atom. The van der Waals surface area contributed by atoms with Crippen LogP contribution in [-0.4, -0.2) is 28.7 Å². The van der Waals surface area contributed by atoms with Crippen LogP contribution in [0.5, 0.6) is 0 Å². The normalized spacial score (nSPS) is 25.7. The minimum atomic E-state index is -1.03. The van der Waals surface area contributed by atoms with Gasteiger partial charge in [0.1, 0.15) is 5.92 Å². The summed E-state index contributed by atoms with van der Waals surface area (Å²) in [5.41, 5.74) is 0.155. The average molecular weight is 228 g/mol. The lowest BCUT2D eigenvalue weighted by Crippen LogP contribution is -2.43. The Hall–Kier alpha value is -1.43. The highest BCUT2D eigenvalue weighted by molar-refractivity contribution is 7.80. The van der Waals surface area contributed by atoms with E-state index in [0.717, 1.165) is 17.1 Å². The standard InChI is InChI=1S/C9H6F2N2OS/c1-13-8(14)4-2-5(10)6(11)3-7(4)12-9(13)15/h2-4H,1H3.